The van der Waals surface area contributed by atoms with Gasteiger partial charge in [0.15, 0.2) is 0 Å². The van der Waals surface area contributed by atoms with E-state index in [2.05, 4.69) is 0 Å². The van der Waals surface area contributed by atoms with Gasteiger partial charge in [0.1, 0.15) is 0 Å². The van der Waals surface area contributed by atoms with Crippen LogP contribution in [0.1, 0.15) is 5.56 Å². The highest BCUT2D eigenvalue weighted by molar-refractivity contribution is 7.89. The molecule has 1 aromatic rings. The number of primary sulfonamides is 1. The van der Waals surface area contributed by atoms with Crippen molar-refractivity contribution >= 4 is 22.5 Å². The van der Waals surface area contributed by atoms with Crippen molar-refractivity contribution in [2.75, 3.05) is 0 Å². The van der Waals surface area contributed by atoms with Crippen LogP contribution < -0.4 is 10.6 Å². The third-order valence-corrected chi connectivity index (χ3v) is 2.66. The van der Waals surface area contributed by atoms with Gasteiger partial charge < -0.3 is 12.9 Å². The Labute approximate surface area is 89.6 Å². The molecule has 0 bridgehead atoms. The summed E-state index contributed by atoms with van der Waals surface area (Å²) in [5, 5.41) is 13.2. The summed E-state index contributed by atoms with van der Waals surface area (Å²) in [6.45, 7) is -5.37. The van der Waals surface area contributed by atoms with Gasteiger partial charge in [0, 0.05) is 0 Å². The number of rotatable bonds is 2. The first-order valence-corrected chi connectivity index (χ1v) is 5.47. The van der Waals surface area contributed by atoms with Gasteiger partial charge in [-0.05, 0) is 6.07 Å². The van der Waals surface area contributed by atoms with Gasteiger partial charge in [0.2, 0.25) is 10.0 Å². The number of benzene rings is 1. The molecule has 86 valence electrons. The normalized spacial score (nSPS) is 12.2. The fourth-order valence-corrected chi connectivity index (χ4v) is 1.63. The van der Waals surface area contributed by atoms with Crippen LogP contribution in [0.5, 0.6) is 0 Å². The molecule has 0 amide bonds. The van der Waals surface area contributed by atoms with Crippen molar-refractivity contribution in [1.29, 1.82) is 5.26 Å². The molecule has 0 aliphatic heterocycles. The van der Waals surface area contributed by atoms with Gasteiger partial charge in [0.05, 0.1) is 16.5 Å². The molecule has 0 aliphatic carbocycles. The Morgan fingerprint density at radius 1 is 1.25 bits per heavy atom. The summed E-state index contributed by atoms with van der Waals surface area (Å²) in [4.78, 5) is -0.722. The maximum Gasteiger partial charge on any atom is 0.509 e. The second kappa shape index (κ2) is 3.81. The van der Waals surface area contributed by atoms with Crippen LogP contribution >= 0.6 is 0 Å². The van der Waals surface area contributed by atoms with Crippen molar-refractivity contribution < 1.29 is 21.4 Å². The molecule has 9 heteroatoms. The molecule has 2 N–H and O–H groups in total. The van der Waals surface area contributed by atoms with Crippen LogP contribution in [-0.4, -0.2) is 15.4 Å². The molecular weight excluding hydrogens is 244 g/mol. The molecule has 16 heavy (non-hydrogen) atoms. The van der Waals surface area contributed by atoms with Crippen LogP contribution in [-0.2, 0) is 10.0 Å². The minimum Gasteiger partial charge on any atom is -0.445 e. The smallest absolute Gasteiger partial charge is 0.445 e. The molecule has 0 aromatic heterocycles. The summed E-state index contributed by atoms with van der Waals surface area (Å²) in [6, 6.07) is 3.23. The maximum absolute atomic E-state index is 12.4. The van der Waals surface area contributed by atoms with Crippen LogP contribution in [0.25, 0.3) is 0 Å². The van der Waals surface area contributed by atoms with Gasteiger partial charge in [-0.15, -0.1) is 5.46 Å². The van der Waals surface area contributed by atoms with Gasteiger partial charge in [-0.3, -0.25) is 0 Å². The predicted octanol–water partition coefficient (Wildman–Crippen LogP) is 0.260. The summed E-state index contributed by atoms with van der Waals surface area (Å²) >= 11 is 0. The number of nitriles is 1. The highest BCUT2D eigenvalue weighted by Gasteiger charge is 2.27. The summed E-state index contributed by atoms with van der Waals surface area (Å²) in [5.41, 5.74) is -1.57. The SMILES string of the molecule is N#Cc1cc([B-](F)(F)F)cc(S(N)(=O)=O)c1. The predicted molar refractivity (Wildman–Crippen MR) is 51.2 cm³/mol. The van der Waals surface area contributed by atoms with Crippen molar-refractivity contribution in [3.8, 4) is 6.07 Å². The summed E-state index contributed by atoms with van der Waals surface area (Å²) in [7, 11) is -4.26. The van der Waals surface area contributed by atoms with Crippen LogP contribution in [0, 0.1) is 11.3 Å². The van der Waals surface area contributed by atoms with Crippen molar-refractivity contribution in [2.24, 2.45) is 5.14 Å². The fraction of sp³-hybridized carbons (Fsp3) is 0. The zero-order chi connectivity index (χ0) is 12.6. The Bertz CT molecular complexity index is 562. The minimum atomic E-state index is -5.37. The van der Waals surface area contributed by atoms with Crippen molar-refractivity contribution in [2.45, 2.75) is 4.90 Å². The van der Waals surface area contributed by atoms with Crippen LogP contribution in [0.3, 0.4) is 0 Å². The molecule has 1 rings (SSSR count). The zero-order valence-electron chi connectivity index (χ0n) is 7.69. The molecule has 0 unspecified atom stereocenters. The molecule has 0 saturated heterocycles. The molecule has 1 aromatic carbocycles. The monoisotopic (exact) mass is 249 g/mol. The molecule has 0 aliphatic rings. The third kappa shape index (κ3) is 2.74. The first kappa shape index (κ1) is 12.5. The van der Waals surface area contributed by atoms with E-state index in [9.17, 15) is 21.4 Å². The molecule has 0 atom stereocenters. The number of hydrogen-bond donors (Lipinski definition) is 1. The second-order valence-corrected chi connectivity index (χ2v) is 4.58. The number of nitrogens with zero attached hydrogens (tertiary/aromatic N) is 1. The minimum absolute atomic E-state index is 0.402. The van der Waals surface area contributed by atoms with Crippen molar-refractivity contribution in [3.63, 3.8) is 0 Å². The third-order valence-electron chi connectivity index (χ3n) is 1.76. The van der Waals surface area contributed by atoms with E-state index in [1.807, 2.05) is 0 Å². The molecule has 4 nitrogen and oxygen atoms in total. The summed E-state index contributed by atoms with van der Waals surface area (Å²) in [5.74, 6) is 0. The first-order valence-electron chi connectivity index (χ1n) is 3.92. The lowest BCUT2D eigenvalue weighted by atomic mass is 9.79. The van der Waals surface area contributed by atoms with Gasteiger partial charge in [-0.2, -0.15) is 5.26 Å². The molecule has 0 saturated carbocycles. The van der Waals surface area contributed by atoms with E-state index in [0.29, 0.717) is 12.1 Å². The van der Waals surface area contributed by atoms with Crippen LogP contribution in [0.15, 0.2) is 23.1 Å². The second-order valence-electron chi connectivity index (χ2n) is 3.02. The van der Waals surface area contributed by atoms with E-state index in [1.54, 1.807) is 0 Å². The lowest BCUT2D eigenvalue weighted by Crippen LogP contribution is -2.35. The van der Waals surface area contributed by atoms with Gasteiger partial charge >= 0.3 is 6.98 Å². The van der Waals surface area contributed by atoms with E-state index in [4.69, 9.17) is 10.4 Å². The van der Waals surface area contributed by atoms with E-state index < -0.39 is 32.9 Å². The number of hydrogen-bond acceptors (Lipinski definition) is 3. The van der Waals surface area contributed by atoms with E-state index in [1.165, 1.54) is 6.07 Å². The molecule has 0 fully saturated rings. The lowest BCUT2D eigenvalue weighted by molar-refractivity contribution is 0.501. The Kier molecular flexibility index (Phi) is 2.98. The topological polar surface area (TPSA) is 83.9 Å². The highest BCUT2D eigenvalue weighted by atomic mass is 32.2. The Hall–Kier alpha value is -1.53. The highest BCUT2D eigenvalue weighted by Crippen LogP contribution is 2.14. The fourth-order valence-electron chi connectivity index (χ4n) is 1.04. The average molecular weight is 249 g/mol. The van der Waals surface area contributed by atoms with Crippen LogP contribution in [0.4, 0.5) is 12.9 Å². The number of sulfonamides is 1. The largest absolute Gasteiger partial charge is 0.509 e. The standard InChI is InChI=1S/C7H5BF3N2O2S/c9-8(10,11)6-1-5(4-12)2-7(3-6)16(13,14)15/h1-3H,(H2,13,14,15)/q-1. The average Bonchev–Trinajstić information content (AvgIpc) is 2.14. The van der Waals surface area contributed by atoms with Gasteiger partial charge in [-0.1, -0.05) is 12.1 Å². The first-order chi connectivity index (χ1) is 7.14. The zero-order valence-corrected chi connectivity index (χ0v) is 8.51. The number of nitrogens with two attached hydrogens (primary N) is 1. The summed E-state index contributed by atoms with van der Waals surface area (Å²) in [6.07, 6.45) is 0. The quantitative estimate of drug-likeness (QED) is 0.763. The Morgan fingerprint density at radius 2 is 1.81 bits per heavy atom. The van der Waals surface area contributed by atoms with E-state index in [-0.39, 0.29) is 0 Å². The molecule has 0 heterocycles. The summed E-state index contributed by atoms with van der Waals surface area (Å²) < 4.78 is 58.9. The molecule has 0 radical (unpaired) electrons. The van der Waals surface area contributed by atoms with E-state index in [0.717, 1.165) is 6.07 Å². The van der Waals surface area contributed by atoms with E-state index >= 15 is 0 Å². The molecule has 0 spiro atoms. The van der Waals surface area contributed by atoms with Crippen molar-refractivity contribution in [3.05, 3.63) is 23.8 Å². The lowest BCUT2D eigenvalue weighted by Gasteiger charge is -2.15. The van der Waals surface area contributed by atoms with Gasteiger partial charge in [-0.25, -0.2) is 13.6 Å². The number of halogens is 3. The molecular formula is C7H5BF3N2O2S-. The Morgan fingerprint density at radius 3 is 2.19 bits per heavy atom. The van der Waals surface area contributed by atoms with Crippen LogP contribution in [0.2, 0.25) is 0 Å². The van der Waals surface area contributed by atoms with Gasteiger partial charge in [0.25, 0.3) is 0 Å². The Balaban J connectivity index is 3.53. The van der Waals surface area contributed by atoms with Crippen molar-refractivity contribution in [1.82, 2.24) is 0 Å². The maximum atomic E-state index is 12.4.